The molecule has 4 nitrogen and oxygen atoms in total. The normalized spacial score (nSPS) is 18.1. The van der Waals surface area contributed by atoms with Crippen molar-refractivity contribution in [2.45, 2.75) is 25.4 Å². The van der Waals surface area contributed by atoms with E-state index < -0.39 is 0 Å². The Morgan fingerprint density at radius 2 is 2.22 bits per heavy atom. The van der Waals surface area contributed by atoms with Crippen LogP contribution in [0.15, 0.2) is 34.9 Å². The first kappa shape index (κ1) is 19.9. The van der Waals surface area contributed by atoms with Crippen molar-refractivity contribution in [1.29, 1.82) is 0 Å². The number of aromatic nitrogens is 1. The van der Waals surface area contributed by atoms with Crippen LogP contribution in [0.3, 0.4) is 0 Å². The zero-order valence-corrected chi connectivity index (χ0v) is 14.6. The molecule has 0 spiro atoms. The lowest BCUT2D eigenvalue weighted by Crippen LogP contribution is -2.43. The predicted octanol–water partition coefficient (Wildman–Crippen LogP) is 3.51. The van der Waals surface area contributed by atoms with Gasteiger partial charge in [-0.05, 0) is 38.6 Å². The Kier molecular flexibility index (Phi) is 7.99. The number of likely N-dealkylation sites (tertiary alicyclic amines) is 1. The van der Waals surface area contributed by atoms with Gasteiger partial charge in [-0.2, -0.15) is 0 Å². The van der Waals surface area contributed by atoms with Gasteiger partial charge in [0, 0.05) is 18.2 Å². The van der Waals surface area contributed by atoms with Crippen molar-refractivity contribution in [2.75, 3.05) is 20.1 Å². The Hall–Kier alpha value is -1.14. The third-order valence-corrected chi connectivity index (χ3v) is 3.94. The summed E-state index contributed by atoms with van der Waals surface area (Å²) in [4.78, 5) is 6.66. The van der Waals surface area contributed by atoms with Crippen molar-refractivity contribution in [1.82, 2.24) is 15.2 Å². The van der Waals surface area contributed by atoms with Crippen molar-refractivity contribution in [3.05, 3.63) is 42.2 Å². The minimum absolute atomic E-state index is 0. The maximum Gasteiger partial charge on any atom is 0.209 e. The molecule has 3 rings (SSSR count). The van der Waals surface area contributed by atoms with Gasteiger partial charge in [0.05, 0.1) is 12.7 Å². The first-order valence-corrected chi connectivity index (χ1v) is 7.35. The van der Waals surface area contributed by atoms with Crippen LogP contribution in [0.5, 0.6) is 0 Å². The van der Waals surface area contributed by atoms with E-state index in [0.29, 0.717) is 24.2 Å². The van der Waals surface area contributed by atoms with Gasteiger partial charge in [0.2, 0.25) is 5.89 Å². The van der Waals surface area contributed by atoms with E-state index in [0.717, 1.165) is 18.7 Å². The second-order valence-electron chi connectivity index (χ2n) is 5.49. The number of piperidine rings is 1. The molecule has 0 amide bonds. The molecule has 1 saturated heterocycles. The predicted molar refractivity (Wildman–Crippen MR) is 93.8 cm³/mol. The van der Waals surface area contributed by atoms with Gasteiger partial charge in [-0.3, -0.25) is 4.90 Å². The monoisotopic (exact) mass is 361 g/mol. The van der Waals surface area contributed by atoms with Gasteiger partial charge in [-0.1, -0.05) is 12.1 Å². The Labute approximate surface area is 148 Å². The van der Waals surface area contributed by atoms with Gasteiger partial charge in [0.1, 0.15) is 5.82 Å². The molecule has 1 aliphatic heterocycles. The van der Waals surface area contributed by atoms with Crippen LogP contribution in [0.1, 0.15) is 18.7 Å². The molecule has 23 heavy (non-hydrogen) atoms. The maximum absolute atomic E-state index is 13.2. The topological polar surface area (TPSA) is 41.3 Å². The number of hydrogen-bond donors (Lipinski definition) is 1. The summed E-state index contributed by atoms with van der Waals surface area (Å²) >= 11 is 0. The molecule has 1 atom stereocenters. The molecule has 1 aromatic carbocycles. The molecule has 7 heteroatoms. The minimum Gasteiger partial charge on any atom is -0.439 e. The zero-order chi connectivity index (χ0) is 14.7. The summed E-state index contributed by atoms with van der Waals surface area (Å²) in [5, 5.41) is 3.32. The van der Waals surface area contributed by atoms with E-state index in [1.165, 1.54) is 25.0 Å². The molecular formula is C16H22Cl2FN3O. The standard InChI is InChI=1S/C16H20FN3O.2ClH/c1-18-14-6-3-7-20(10-14)11-16-19-9-15(21-16)12-4-2-5-13(17)8-12;;/h2,4-5,8-9,14,18H,3,6-7,10-11H2,1H3;2*1H. The highest BCUT2D eigenvalue weighted by Crippen LogP contribution is 2.22. The Bertz CT molecular complexity index is 609. The molecule has 1 fully saturated rings. The molecule has 0 bridgehead atoms. The summed E-state index contributed by atoms with van der Waals surface area (Å²) in [6.45, 7) is 2.78. The largest absolute Gasteiger partial charge is 0.439 e. The molecule has 0 aliphatic carbocycles. The van der Waals surface area contributed by atoms with Gasteiger partial charge in [-0.25, -0.2) is 9.37 Å². The minimum atomic E-state index is -0.265. The zero-order valence-electron chi connectivity index (χ0n) is 13.0. The molecule has 1 aliphatic rings. The Morgan fingerprint density at radius 1 is 1.39 bits per heavy atom. The fraction of sp³-hybridized carbons (Fsp3) is 0.438. The highest BCUT2D eigenvalue weighted by Gasteiger charge is 2.20. The van der Waals surface area contributed by atoms with Crippen LogP contribution < -0.4 is 5.32 Å². The van der Waals surface area contributed by atoms with Crippen LogP contribution in [-0.2, 0) is 6.54 Å². The lowest BCUT2D eigenvalue weighted by Gasteiger charge is -2.31. The lowest BCUT2D eigenvalue weighted by atomic mass is 10.1. The fourth-order valence-corrected chi connectivity index (χ4v) is 2.78. The summed E-state index contributed by atoms with van der Waals surface area (Å²) in [6.07, 6.45) is 4.07. The van der Waals surface area contributed by atoms with E-state index >= 15 is 0 Å². The highest BCUT2D eigenvalue weighted by molar-refractivity contribution is 5.85. The molecule has 2 aromatic rings. The molecule has 1 N–H and O–H groups in total. The van der Waals surface area contributed by atoms with Crippen LogP contribution in [0.2, 0.25) is 0 Å². The molecule has 1 unspecified atom stereocenters. The first-order valence-electron chi connectivity index (χ1n) is 7.35. The number of benzene rings is 1. The average molecular weight is 362 g/mol. The van der Waals surface area contributed by atoms with Crippen LogP contribution in [-0.4, -0.2) is 36.1 Å². The number of likely N-dealkylation sites (N-methyl/N-ethyl adjacent to an activating group) is 1. The SMILES string of the molecule is CNC1CCCN(Cc2ncc(-c3cccc(F)c3)o2)C1.Cl.Cl. The van der Waals surface area contributed by atoms with Gasteiger partial charge in [0.25, 0.3) is 0 Å². The molecule has 1 aromatic heterocycles. The molecule has 2 heterocycles. The highest BCUT2D eigenvalue weighted by atomic mass is 35.5. The third kappa shape index (κ3) is 5.18. The summed E-state index contributed by atoms with van der Waals surface area (Å²) in [5.41, 5.74) is 0.723. The fourth-order valence-electron chi connectivity index (χ4n) is 2.78. The average Bonchev–Trinajstić information content (AvgIpc) is 2.96. The molecular weight excluding hydrogens is 340 g/mol. The molecule has 128 valence electrons. The number of nitrogens with zero attached hydrogens (tertiary/aromatic N) is 2. The third-order valence-electron chi connectivity index (χ3n) is 3.94. The van der Waals surface area contributed by atoms with Crippen molar-refractivity contribution in [3.63, 3.8) is 0 Å². The van der Waals surface area contributed by atoms with Crippen LogP contribution in [0, 0.1) is 5.82 Å². The molecule has 0 radical (unpaired) electrons. The van der Waals surface area contributed by atoms with Gasteiger partial charge in [-0.15, -0.1) is 24.8 Å². The van der Waals surface area contributed by atoms with E-state index in [2.05, 4.69) is 15.2 Å². The maximum atomic E-state index is 13.2. The van der Waals surface area contributed by atoms with E-state index in [4.69, 9.17) is 4.42 Å². The van der Waals surface area contributed by atoms with Gasteiger partial charge >= 0.3 is 0 Å². The van der Waals surface area contributed by atoms with Crippen LogP contribution in [0.4, 0.5) is 4.39 Å². The van der Waals surface area contributed by atoms with E-state index in [-0.39, 0.29) is 30.6 Å². The van der Waals surface area contributed by atoms with E-state index in [9.17, 15) is 4.39 Å². The second kappa shape index (κ2) is 9.23. The van der Waals surface area contributed by atoms with Crippen LogP contribution >= 0.6 is 24.8 Å². The number of halogens is 3. The van der Waals surface area contributed by atoms with E-state index in [1.54, 1.807) is 12.3 Å². The summed E-state index contributed by atoms with van der Waals surface area (Å²) in [6, 6.07) is 6.92. The smallest absolute Gasteiger partial charge is 0.209 e. The summed E-state index contributed by atoms with van der Waals surface area (Å²) in [7, 11) is 2.00. The summed E-state index contributed by atoms with van der Waals surface area (Å²) < 4.78 is 19.0. The van der Waals surface area contributed by atoms with E-state index in [1.807, 2.05) is 13.1 Å². The summed E-state index contributed by atoms with van der Waals surface area (Å²) in [5.74, 6) is 1.04. The van der Waals surface area contributed by atoms with Crippen LogP contribution in [0.25, 0.3) is 11.3 Å². The number of hydrogen-bond acceptors (Lipinski definition) is 4. The quantitative estimate of drug-likeness (QED) is 0.904. The Balaban J connectivity index is 0.00000132. The molecule has 0 saturated carbocycles. The Morgan fingerprint density at radius 3 is 2.96 bits per heavy atom. The van der Waals surface area contributed by atoms with Crippen molar-refractivity contribution in [3.8, 4) is 11.3 Å². The number of rotatable bonds is 4. The second-order valence-corrected chi connectivity index (χ2v) is 5.49. The lowest BCUT2D eigenvalue weighted by molar-refractivity contribution is 0.173. The van der Waals surface area contributed by atoms with Crippen molar-refractivity contribution in [2.24, 2.45) is 0 Å². The number of oxazole rings is 1. The van der Waals surface area contributed by atoms with Gasteiger partial charge in [0.15, 0.2) is 5.76 Å². The number of nitrogens with one attached hydrogen (secondary N) is 1. The van der Waals surface area contributed by atoms with Crippen molar-refractivity contribution < 1.29 is 8.81 Å². The van der Waals surface area contributed by atoms with Gasteiger partial charge < -0.3 is 9.73 Å². The first-order chi connectivity index (χ1) is 10.2. The van der Waals surface area contributed by atoms with Crippen molar-refractivity contribution >= 4 is 24.8 Å².